The van der Waals surface area contributed by atoms with E-state index in [1.54, 1.807) is 0 Å². The summed E-state index contributed by atoms with van der Waals surface area (Å²) < 4.78 is 0. The molecule has 0 radical (unpaired) electrons. The summed E-state index contributed by atoms with van der Waals surface area (Å²) in [4.78, 5) is 2.24. The monoisotopic (exact) mass is 222 g/mol. The first-order valence-corrected chi connectivity index (χ1v) is 5.41. The van der Waals surface area contributed by atoms with E-state index in [-0.39, 0.29) is 0 Å². The van der Waals surface area contributed by atoms with Gasteiger partial charge in [0.25, 0.3) is 0 Å². The van der Waals surface area contributed by atoms with Crippen LogP contribution in [-0.2, 0) is 0 Å². The van der Waals surface area contributed by atoms with E-state index in [1.807, 2.05) is 0 Å². The molecule has 0 spiro atoms. The van der Waals surface area contributed by atoms with Crippen molar-refractivity contribution in [1.82, 2.24) is 10.2 Å². The fraction of sp³-hybridized carbons (Fsp3) is 0.778. The Morgan fingerprint density at radius 2 is 2.46 bits per heavy atom. The molecule has 0 aromatic heterocycles. The van der Waals surface area contributed by atoms with Crippen LogP contribution < -0.4 is 5.32 Å². The van der Waals surface area contributed by atoms with Gasteiger partial charge in [0.2, 0.25) is 0 Å². The lowest BCUT2D eigenvalue weighted by atomic mass is 10.1. The molecule has 0 aromatic rings. The number of hydrogen-bond donors (Lipinski definition) is 1. The molecule has 0 aliphatic carbocycles. The second-order valence-electron chi connectivity index (χ2n) is 3.47. The number of piperidine rings is 1. The van der Waals surface area contributed by atoms with Crippen molar-refractivity contribution in [2.45, 2.75) is 18.9 Å². The van der Waals surface area contributed by atoms with Gasteiger partial charge >= 0.3 is 0 Å². The zero-order valence-electron chi connectivity index (χ0n) is 7.89. The second-order valence-corrected chi connectivity index (χ2v) is 4.17. The quantitative estimate of drug-likeness (QED) is 0.787. The van der Waals surface area contributed by atoms with Gasteiger partial charge in [0.05, 0.1) is 0 Å². The SMILES string of the molecule is CN(CC(Cl)=CCl)C1CCCNC1. The van der Waals surface area contributed by atoms with Gasteiger partial charge in [-0.15, -0.1) is 0 Å². The minimum absolute atomic E-state index is 0.596. The fourth-order valence-electron chi connectivity index (χ4n) is 1.61. The lowest BCUT2D eigenvalue weighted by molar-refractivity contribution is 0.220. The van der Waals surface area contributed by atoms with Crippen molar-refractivity contribution in [2.24, 2.45) is 0 Å². The summed E-state index contributed by atoms with van der Waals surface area (Å²) in [6.45, 7) is 2.95. The molecule has 0 amide bonds. The zero-order valence-corrected chi connectivity index (χ0v) is 9.41. The van der Waals surface area contributed by atoms with Gasteiger partial charge in [-0.3, -0.25) is 4.90 Å². The van der Waals surface area contributed by atoms with Crippen LogP contribution in [0.2, 0.25) is 0 Å². The summed E-state index contributed by atoms with van der Waals surface area (Å²) in [5.74, 6) is 0. The summed E-state index contributed by atoms with van der Waals surface area (Å²) in [6, 6.07) is 0.596. The highest BCUT2D eigenvalue weighted by Gasteiger charge is 2.17. The van der Waals surface area contributed by atoms with Crippen LogP contribution in [0, 0.1) is 0 Å². The van der Waals surface area contributed by atoms with Gasteiger partial charge in [-0.2, -0.15) is 0 Å². The zero-order chi connectivity index (χ0) is 9.68. The van der Waals surface area contributed by atoms with Gasteiger partial charge in [0.15, 0.2) is 0 Å². The van der Waals surface area contributed by atoms with Crippen molar-refractivity contribution in [3.8, 4) is 0 Å². The first-order valence-electron chi connectivity index (χ1n) is 4.59. The normalized spacial score (nSPS) is 25.2. The Labute approximate surface area is 89.9 Å². The minimum atomic E-state index is 0.596. The standard InChI is InChI=1S/C9H16Cl2N2/c1-13(7-8(11)5-10)9-3-2-4-12-6-9/h5,9,12H,2-4,6-7H2,1H3. The van der Waals surface area contributed by atoms with Crippen molar-refractivity contribution in [1.29, 1.82) is 0 Å². The summed E-state index contributed by atoms with van der Waals surface area (Å²) in [6.07, 6.45) is 2.49. The van der Waals surface area contributed by atoms with Crippen LogP contribution in [-0.4, -0.2) is 37.6 Å². The van der Waals surface area contributed by atoms with Crippen LogP contribution in [0.4, 0.5) is 0 Å². The molecule has 1 heterocycles. The molecule has 76 valence electrons. The van der Waals surface area contributed by atoms with Crippen molar-refractivity contribution in [3.63, 3.8) is 0 Å². The molecular formula is C9H16Cl2N2. The molecule has 1 saturated heterocycles. The molecule has 0 bridgehead atoms. The Kier molecular flexibility index (Phi) is 5.10. The summed E-state index contributed by atoms with van der Waals surface area (Å²) >= 11 is 11.3. The maximum atomic E-state index is 5.85. The highest BCUT2D eigenvalue weighted by molar-refractivity contribution is 6.36. The Morgan fingerprint density at radius 3 is 3.00 bits per heavy atom. The smallest absolute Gasteiger partial charge is 0.0434 e. The summed E-state index contributed by atoms with van der Waals surface area (Å²) in [5.41, 5.74) is 1.44. The van der Waals surface area contributed by atoms with E-state index in [2.05, 4.69) is 17.3 Å². The predicted octanol–water partition coefficient (Wildman–Crippen LogP) is 1.99. The number of halogens is 2. The number of rotatable bonds is 3. The average Bonchev–Trinajstić information content (AvgIpc) is 2.19. The van der Waals surface area contributed by atoms with Crippen molar-refractivity contribution < 1.29 is 0 Å². The van der Waals surface area contributed by atoms with Crippen molar-refractivity contribution >= 4 is 23.2 Å². The summed E-state index contributed by atoms with van der Waals surface area (Å²) in [7, 11) is 2.08. The van der Waals surface area contributed by atoms with Crippen LogP contribution in [0.25, 0.3) is 0 Å². The van der Waals surface area contributed by atoms with Crippen LogP contribution in [0.15, 0.2) is 10.6 Å². The molecule has 1 fully saturated rings. The van der Waals surface area contributed by atoms with E-state index in [1.165, 1.54) is 18.4 Å². The van der Waals surface area contributed by atoms with Crippen LogP contribution >= 0.6 is 23.2 Å². The maximum absolute atomic E-state index is 5.85. The average molecular weight is 223 g/mol. The Bertz CT molecular complexity index is 176. The Morgan fingerprint density at radius 1 is 1.69 bits per heavy atom. The van der Waals surface area contributed by atoms with Gasteiger partial charge in [-0.25, -0.2) is 0 Å². The molecule has 1 aliphatic heterocycles. The van der Waals surface area contributed by atoms with Gasteiger partial charge in [0.1, 0.15) is 0 Å². The third-order valence-electron chi connectivity index (χ3n) is 2.41. The number of nitrogens with one attached hydrogen (secondary N) is 1. The third kappa shape index (κ3) is 3.86. The van der Waals surface area contributed by atoms with E-state index < -0.39 is 0 Å². The number of likely N-dealkylation sites (N-methyl/N-ethyl adjacent to an activating group) is 1. The minimum Gasteiger partial charge on any atom is -0.315 e. The van der Waals surface area contributed by atoms with Crippen LogP contribution in [0.1, 0.15) is 12.8 Å². The lowest BCUT2D eigenvalue weighted by Crippen LogP contribution is -2.44. The highest BCUT2D eigenvalue weighted by Crippen LogP contribution is 2.12. The molecule has 0 saturated carbocycles. The Hall–Kier alpha value is 0.240. The summed E-state index contributed by atoms with van der Waals surface area (Å²) in [5, 5.41) is 4.07. The van der Waals surface area contributed by atoms with Crippen LogP contribution in [0.5, 0.6) is 0 Å². The van der Waals surface area contributed by atoms with Gasteiger partial charge in [-0.05, 0) is 26.4 Å². The molecule has 13 heavy (non-hydrogen) atoms. The molecule has 2 nitrogen and oxygen atoms in total. The number of nitrogens with zero attached hydrogens (tertiary/aromatic N) is 1. The van der Waals surface area contributed by atoms with Crippen LogP contribution in [0.3, 0.4) is 0 Å². The number of hydrogen-bond acceptors (Lipinski definition) is 2. The maximum Gasteiger partial charge on any atom is 0.0434 e. The second kappa shape index (κ2) is 5.86. The molecule has 1 unspecified atom stereocenters. The lowest BCUT2D eigenvalue weighted by Gasteiger charge is -2.31. The molecule has 0 aromatic carbocycles. The van der Waals surface area contributed by atoms with E-state index >= 15 is 0 Å². The third-order valence-corrected chi connectivity index (χ3v) is 3.02. The molecule has 1 rings (SSSR count). The predicted molar refractivity (Wildman–Crippen MR) is 58.3 cm³/mol. The van der Waals surface area contributed by atoms with E-state index in [0.717, 1.165) is 19.6 Å². The first-order chi connectivity index (χ1) is 6.24. The van der Waals surface area contributed by atoms with Gasteiger partial charge in [-0.1, -0.05) is 23.2 Å². The fourth-order valence-corrected chi connectivity index (χ4v) is 1.87. The molecule has 1 N–H and O–H groups in total. The van der Waals surface area contributed by atoms with E-state index in [9.17, 15) is 0 Å². The van der Waals surface area contributed by atoms with Gasteiger partial charge in [0, 0.05) is 29.7 Å². The van der Waals surface area contributed by atoms with Crippen molar-refractivity contribution in [3.05, 3.63) is 10.6 Å². The van der Waals surface area contributed by atoms with E-state index in [0.29, 0.717) is 11.1 Å². The largest absolute Gasteiger partial charge is 0.315 e. The topological polar surface area (TPSA) is 15.3 Å². The van der Waals surface area contributed by atoms with Gasteiger partial charge < -0.3 is 5.32 Å². The molecule has 4 heteroatoms. The van der Waals surface area contributed by atoms with E-state index in [4.69, 9.17) is 23.2 Å². The molecular weight excluding hydrogens is 207 g/mol. The first kappa shape index (κ1) is 11.3. The Balaban J connectivity index is 2.32. The molecule has 1 aliphatic rings. The highest BCUT2D eigenvalue weighted by atomic mass is 35.5. The molecule has 1 atom stereocenters. The van der Waals surface area contributed by atoms with Crippen molar-refractivity contribution in [2.75, 3.05) is 26.7 Å².